The zero-order valence-corrected chi connectivity index (χ0v) is 31.2. The van der Waals surface area contributed by atoms with Crippen LogP contribution in [0.4, 0.5) is 0 Å². The van der Waals surface area contributed by atoms with Gasteiger partial charge in [0.05, 0.1) is 30.1 Å². The minimum Gasteiger partial charge on any atom is -0.460 e. The standard InChI is InChI=1S/C36H59N3O10/c1-13-27-36(9,44)31(42)22(5)28(38-37-18-25-15-14-20(3)46-25)19(2)17-35(8,45-12)32(23(6)29(40)24(7)33(43)48-27)49-34-30(41)26(39(10)11)16-21(4)47-34/h14-15,18-19,21-24,26-27,30-32,34,41-42,44H,13,16-17H2,1-12H3/b37-18-,38-28+/t19-,21?,22+,23+,24-,26?,27-,30?,31-,32-,34?,35-,36-/m1/s1. The summed E-state index contributed by atoms with van der Waals surface area (Å²) in [6, 6.07) is 3.29. The van der Waals surface area contributed by atoms with E-state index in [2.05, 4.69) is 10.2 Å². The Morgan fingerprint density at radius 1 is 1.08 bits per heavy atom. The van der Waals surface area contributed by atoms with Crippen molar-refractivity contribution in [2.75, 3.05) is 21.2 Å². The van der Waals surface area contributed by atoms with Crippen LogP contribution < -0.4 is 0 Å². The number of carbonyl (C=O) groups is 2. The summed E-state index contributed by atoms with van der Waals surface area (Å²) >= 11 is 0. The summed E-state index contributed by atoms with van der Waals surface area (Å²) in [6.07, 6.45) is -3.56. The fourth-order valence-electron chi connectivity index (χ4n) is 7.31. The molecule has 0 saturated carbocycles. The summed E-state index contributed by atoms with van der Waals surface area (Å²) in [5, 5.41) is 43.6. The number of cyclic esters (lactones) is 1. The summed E-state index contributed by atoms with van der Waals surface area (Å²) in [7, 11) is 5.25. The van der Waals surface area contributed by atoms with E-state index in [4.69, 9.17) is 23.4 Å². The summed E-state index contributed by atoms with van der Waals surface area (Å²) in [4.78, 5) is 29.5. The average molecular weight is 694 g/mol. The molecule has 1 aromatic rings. The predicted octanol–water partition coefficient (Wildman–Crippen LogP) is 3.53. The molecule has 3 N–H and O–H groups in total. The van der Waals surface area contributed by atoms with Crippen molar-refractivity contribution >= 4 is 23.7 Å². The lowest BCUT2D eigenvalue weighted by molar-refractivity contribution is -0.295. The number of hydrogen-bond acceptors (Lipinski definition) is 13. The molecule has 0 spiro atoms. The van der Waals surface area contributed by atoms with Crippen molar-refractivity contribution in [3.8, 4) is 0 Å². The minimum absolute atomic E-state index is 0.173. The Morgan fingerprint density at radius 2 is 1.73 bits per heavy atom. The number of methoxy groups -OCH3 is 1. The van der Waals surface area contributed by atoms with Gasteiger partial charge in [0.25, 0.3) is 0 Å². The molecule has 0 radical (unpaired) electrons. The van der Waals surface area contributed by atoms with Gasteiger partial charge in [-0.2, -0.15) is 10.2 Å². The van der Waals surface area contributed by atoms with Gasteiger partial charge in [-0.25, -0.2) is 0 Å². The van der Waals surface area contributed by atoms with E-state index in [-0.39, 0.29) is 25.0 Å². The third-order valence-corrected chi connectivity index (χ3v) is 10.5. The van der Waals surface area contributed by atoms with Gasteiger partial charge in [0.1, 0.15) is 35.2 Å². The van der Waals surface area contributed by atoms with E-state index < -0.39 is 77.3 Å². The normalized spacial score (nSPS) is 41.3. The number of aryl methyl sites for hydroxylation is 1. The first-order chi connectivity index (χ1) is 22.8. The van der Waals surface area contributed by atoms with Crippen molar-refractivity contribution in [3.63, 3.8) is 0 Å². The van der Waals surface area contributed by atoms with Gasteiger partial charge >= 0.3 is 5.97 Å². The number of furan rings is 1. The predicted molar refractivity (Wildman–Crippen MR) is 184 cm³/mol. The third-order valence-electron chi connectivity index (χ3n) is 10.5. The fourth-order valence-corrected chi connectivity index (χ4v) is 7.31. The Hall–Kier alpha value is -2.52. The van der Waals surface area contributed by atoms with Gasteiger partial charge in [-0.15, -0.1) is 0 Å². The van der Waals surface area contributed by atoms with Crippen LogP contribution in [0.1, 0.15) is 86.2 Å². The quantitative estimate of drug-likeness (QED) is 0.165. The molecule has 13 atom stereocenters. The number of esters is 1. The maximum Gasteiger partial charge on any atom is 0.316 e. The molecule has 2 saturated heterocycles. The molecule has 13 heteroatoms. The van der Waals surface area contributed by atoms with E-state index >= 15 is 0 Å². The van der Waals surface area contributed by atoms with Gasteiger partial charge in [-0.1, -0.05) is 27.7 Å². The van der Waals surface area contributed by atoms with E-state index in [9.17, 15) is 24.9 Å². The maximum absolute atomic E-state index is 14.1. The van der Waals surface area contributed by atoms with Crippen LogP contribution in [0.25, 0.3) is 0 Å². The second-order valence-corrected chi connectivity index (χ2v) is 14.7. The lowest BCUT2D eigenvalue weighted by atomic mass is 9.74. The molecule has 3 heterocycles. The van der Waals surface area contributed by atoms with E-state index in [1.165, 1.54) is 27.2 Å². The van der Waals surface area contributed by atoms with Gasteiger partial charge in [0.15, 0.2) is 12.1 Å². The van der Waals surface area contributed by atoms with Crippen LogP contribution in [0.5, 0.6) is 0 Å². The number of likely N-dealkylation sites (N-methyl/N-ethyl adjacent to an activating group) is 1. The van der Waals surface area contributed by atoms with Crippen LogP contribution in [0.2, 0.25) is 0 Å². The van der Waals surface area contributed by atoms with Gasteiger partial charge in [0.2, 0.25) is 0 Å². The highest BCUT2D eigenvalue weighted by molar-refractivity contribution is 6.00. The lowest BCUT2D eigenvalue weighted by Crippen LogP contribution is -2.60. The molecular weight excluding hydrogens is 634 g/mol. The van der Waals surface area contributed by atoms with Crippen LogP contribution in [-0.2, 0) is 28.5 Å². The highest BCUT2D eigenvalue weighted by Crippen LogP contribution is 2.38. The first-order valence-electron chi connectivity index (χ1n) is 17.3. The van der Waals surface area contributed by atoms with E-state index in [1.54, 1.807) is 39.8 Å². The summed E-state index contributed by atoms with van der Waals surface area (Å²) < 4.78 is 30.3. The molecule has 1 aromatic heterocycles. The number of nitrogens with zero attached hydrogens (tertiary/aromatic N) is 3. The van der Waals surface area contributed by atoms with E-state index in [0.717, 1.165) is 0 Å². The van der Waals surface area contributed by atoms with Gasteiger partial charge in [-0.3, -0.25) is 9.59 Å². The Bertz CT molecular complexity index is 1330. The van der Waals surface area contributed by atoms with Crippen molar-refractivity contribution in [2.45, 2.75) is 136 Å². The largest absolute Gasteiger partial charge is 0.460 e. The summed E-state index contributed by atoms with van der Waals surface area (Å²) in [5.41, 5.74) is -2.70. The van der Waals surface area contributed by atoms with Crippen molar-refractivity contribution in [3.05, 3.63) is 23.7 Å². The van der Waals surface area contributed by atoms with Gasteiger partial charge in [0, 0.05) is 30.7 Å². The third kappa shape index (κ3) is 9.24. The molecule has 0 bridgehead atoms. The number of ketones is 1. The van der Waals surface area contributed by atoms with Crippen LogP contribution in [0, 0.1) is 30.6 Å². The molecule has 278 valence electrons. The smallest absolute Gasteiger partial charge is 0.316 e. The number of aliphatic hydroxyl groups excluding tert-OH is 2. The Kier molecular flexibility index (Phi) is 13.9. The van der Waals surface area contributed by atoms with E-state index in [1.807, 2.05) is 39.8 Å². The Morgan fingerprint density at radius 3 is 2.29 bits per heavy atom. The second kappa shape index (κ2) is 16.7. The van der Waals surface area contributed by atoms with Crippen LogP contribution in [0.3, 0.4) is 0 Å². The molecule has 0 aliphatic carbocycles. The van der Waals surface area contributed by atoms with Crippen molar-refractivity contribution in [2.24, 2.45) is 33.9 Å². The molecule has 2 aliphatic heterocycles. The van der Waals surface area contributed by atoms with Crippen molar-refractivity contribution < 1.29 is 48.3 Å². The SMILES string of the molecule is CC[C@H]1OC(=O)[C@H](C)C(=O)[C@H](C)[C@@H](OC2OC(C)CC(N(C)C)C2O)[C@](C)(OC)C[C@@H](C)/C(=N\N=C/c2ccc(C)o2)[C@H](C)[C@@H](O)[C@]1(C)O. The number of carbonyl (C=O) groups excluding carboxylic acids is 2. The topological polar surface area (TPSA) is 173 Å². The molecule has 0 aromatic carbocycles. The molecular formula is C36H59N3O10. The Labute approximate surface area is 291 Å². The van der Waals surface area contributed by atoms with Crippen LogP contribution in [0.15, 0.2) is 26.8 Å². The number of aliphatic hydroxyl groups is 3. The van der Waals surface area contributed by atoms with Crippen molar-refractivity contribution in [1.29, 1.82) is 0 Å². The lowest BCUT2D eigenvalue weighted by Gasteiger charge is -2.47. The number of Topliss-reactive ketones (excluding diaryl/α,β-unsaturated/α-hetero) is 1. The summed E-state index contributed by atoms with van der Waals surface area (Å²) in [6.45, 7) is 15.4. The number of hydrogen-bond donors (Lipinski definition) is 3. The highest BCUT2D eigenvalue weighted by Gasteiger charge is 2.51. The molecule has 13 nitrogen and oxygen atoms in total. The number of ether oxygens (including phenoxy) is 4. The number of rotatable bonds is 7. The van der Waals surface area contributed by atoms with Crippen LogP contribution in [-0.4, -0.2) is 119 Å². The van der Waals surface area contributed by atoms with Crippen molar-refractivity contribution in [1.82, 2.24) is 4.90 Å². The molecule has 4 unspecified atom stereocenters. The highest BCUT2D eigenvalue weighted by atomic mass is 16.7. The molecule has 0 amide bonds. The van der Waals surface area contributed by atoms with Gasteiger partial charge < -0.3 is 43.6 Å². The monoisotopic (exact) mass is 693 g/mol. The minimum atomic E-state index is -1.91. The summed E-state index contributed by atoms with van der Waals surface area (Å²) in [5.74, 6) is -3.51. The van der Waals surface area contributed by atoms with Gasteiger partial charge in [-0.05, 0) is 86.0 Å². The molecule has 3 rings (SSSR count). The molecule has 2 fully saturated rings. The zero-order valence-electron chi connectivity index (χ0n) is 31.2. The Balaban J connectivity index is 2.18. The fraction of sp³-hybridized carbons (Fsp3) is 0.778. The zero-order chi connectivity index (χ0) is 37.0. The van der Waals surface area contributed by atoms with E-state index in [0.29, 0.717) is 23.7 Å². The average Bonchev–Trinajstić information content (AvgIpc) is 3.47. The van der Waals surface area contributed by atoms with Crippen LogP contribution >= 0.6 is 0 Å². The maximum atomic E-state index is 14.1. The first kappa shape index (κ1) is 40.9. The molecule has 49 heavy (non-hydrogen) atoms. The second-order valence-electron chi connectivity index (χ2n) is 14.7. The molecule has 2 aliphatic rings. The first-order valence-corrected chi connectivity index (χ1v) is 17.3.